The van der Waals surface area contributed by atoms with Crippen molar-refractivity contribution < 1.29 is 0 Å². The molecule has 0 saturated heterocycles. The van der Waals surface area contributed by atoms with E-state index in [1.807, 2.05) is 38.1 Å². The lowest BCUT2D eigenvalue weighted by molar-refractivity contribution is 0.859. The molecule has 0 fully saturated rings. The fraction of sp³-hybridized carbons (Fsp3) is 0.333. The number of hydrogen-bond acceptors (Lipinski definition) is 4. The van der Waals surface area contributed by atoms with Gasteiger partial charge < -0.3 is 5.32 Å². The Morgan fingerprint density at radius 1 is 1.15 bits per heavy atom. The number of halogens is 1. The molecule has 0 saturated carbocycles. The van der Waals surface area contributed by atoms with E-state index in [2.05, 4.69) is 29.1 Å². The predicted octanol–water partition coefficient (Wildman–Crippen LogP) is 4.72. The topological polar surface area (TPSA) is 37.8 Å². The second-order valence-corrected chi connectivity index (χ2v) is 6.32. The zero-order valence-corrected chi connectivity index (χ0v) is 13.6. The van der Waals surface area contributed by atoms with E-state index in [0.29, 0.717) is 6.04 Å². The van der Waals surface area contributed by atoms with Crippen LogP contribution in [0.25, 0.3) is 0 Å². The van der Waals surface area contributed by atoms with E-state index in [0.717, 1.165) is 32.1 Å². The standard InChI is InChI=1S/C15H18ClN3S/c1-9(2)17-15-14(10(3)18-11(4)19-15)20-13-8-6-5-7-12(13)16/h5-9H,1-4H3,(H,17,18,19). The summed E-state index contributed by atoms with van der Waals surface area (Å²) in [5.41, 5.74) is 0.963. The molecule has 0 amide bonds. The highest BCUT2D eigenvalue weighted by Gasteiger charge is 2.14. The van der Waals surface area contributed by atoms with E-state index in [1.54, 1.807) is 11.8 Å². The third-order valence-electron chi connectivity index (χ3n) is 2.62. The molecular formula is C15H18ClN3S. The van der Waals surface area contributed by atoms with Crippen molar-refractivity contribution in [2.75, 3.05) is 5.32 Å². The summed E-state index contributed by atoms with van der Waals surface area (Å²) in [6, 6.07) is 8.12. The first kappa shape index (κ1) is 15.1. The molecule has 5 heteroatoms. The lowest BCUT2D eigenvalue weighted by atomic mass is 10.3. The summed E-state index contributed by atoms with van der Waals surface area (Å²) >= 11 is 7.83. The molecule has 0 unspecified atom stereocenters. The van der Waals surface area contributed by atoms with E-state index < -0.39 is 0 Å². The fourth-order valence-corrected chi connectivity index (χ4v) is 3.01. The van der Waals surface area contributed by atoms with Crippen molar-refractivity contribution in [3.05, 3.63) is 40.8 Å². The van der Waals surface area contributed by atoms with Gasteiger partial charge in [0.25, 0.3) is 0 Å². The first-order valence-electron chi connectivity index (χ1n) is 6.51. The highest BCUT2D eigenvalue weighted by atomic mass is 35.5. The molecule has 2 rings (SSSR count). The number of benzene rings is 1. The number of nitrogens with one attached hydrogen (secondary N) is 1. The minimum absolute atomic E-state index is 0.314. The van der Waals surface area contributed by atoms with Gasteiger partial charge in [0, 0.05) is 10.9 Å². The molecule has 0 aliphatic heterocycles. The van der Waals surface area contributed by atoms with Gasteiger partial charge in [-0.3, -0.25) is 0 Å². The summed E-state index contributed by atoms with van der Waals surface area (Å²) in [5.74, 6) is 1.64. The van der Waals surface area contributed by atoms with Gasteiger partial charge in [0.05, 0.1) is 15.6 Å². The summed E-state index contributed by atoms with van der Waals surface area (Å²) in [6.07, 6.45) is 0. The predicted molar refractivity (Wildman–Crippen MR) is 85.8 cm³/mol. The first-order chi connectivity index (χ1) is 9.47. The van der Waals surface area contributed by atoms with E-state index in [9.17, 15) is 0 Å². The van der Waals surface area contributed by atoms with Crippen LogP contribution in [0.4, 0.5) is 5.82 Å². The van der Waals surface area contributed by atoms with Crippen LogP contribution in [0.15, 0.2) is 34.1 Å². The van der Waals surface area contributed by atoms with Crippen molar-refractivity contribution in [3.63, 3.8) is 0 Å². The second kappa shape index (κ2) is 6.46. The van der Waals surface area contributed by atoms with Gasteiger partial charge in [-0.25, -0.2) is 9.97 Å². The molecule has 1 heterocycles. The van der Waals surface area contributed by atoms with Crippen LogP contribution >= 0.6 is 23.4 Å². The van der Waals surface area contributed by atoms with Crippen molar-refractivity contribution in [2.24, 2.45) is 0 Å². The van der Waals surface area contributed by atoms with Gasteiger partial charge in [-0.2, -0.15) is 0 Å². The minimum atomic E-state index is 0.314. The quantitative estimate of drug-likeness (QED) is 0.887. The second-order valence-electron chi connectivity index (χ2n) is 4.87. The van der Waals surface area contributed by atoms with E-state index in [1.165, 1.54) is 0 Å². The van der Waals surface area contributed by atoms with Gasteiger partial charge in [0.1, 0.15) is 11.6 Å². The third-order valence-corrected chi connectivity index (χ3v) is 4.33. The smallest absolute Gasteiger partial charge is 0.144 e. The molecular weight excluding hydrogens is 290 g/mol. The molecule has 1 N–H and O–H groups in total. The molecule has 0 aliphatic carbocycles. The molecule has 1 aromatic heterocycles. The summed E-state index contributed by atoms with van der Waals surface area (Å²) in [6.45, 7) is 8.09. The summed E-state index contributed by atoms with van der Waals surface area (Å²) in [7, 11) is 0. The van der Waals surface area contributed by atoms with Crippen molar-refractivity contribution in [1.82, 2.24) is 9.97 Å². The number of aryl methyl sites for hydroxylation is 2. The number of rotatable bonds is 4. The molecule has 20 heavy (non-hydrogen) atoms. The van der Waals surface area contributed by atoms with Gasteiger partial charge in [0.2, 0.25) is 0 Å². The molecule has 0 spiro atoms. The maximum absolute atomic E-state index is 6.23. The monoisotopic (exact) mass is 307 g/mol. The Bertz CT molecular complexity index is 614. The Morgan fingerprint density at radius 3 is 2.50 bits per heavy atom. The maximum atomic E-state index is 6.23. The Hall–Kier alpha value is -1.26. The molecule has 2 aromatic rings. The van der Waals surface area contributed by atoms with Gasteiger partial charge in [-0.15, -0.1) is 0 Å². The molecule has 0 bridgehead atoms. The van der Waals surface area contributed by atoms with E-state index >= 15 is 0 Å². The fourth-order valence-electron chi connectivity index (χ4n) is 1.83. The summed E-state index contributed by atoms with van der Waals surface area (Å²) in [4.78, 5) is 11.0. The average Bonchev–Trinajstić information content (AvgIpc) is 2.35. The van der Waals surface area contributed by atoms with Crippen molar-refractivity contribution >= 4 is 29.2 Å². The number of nitrogens with zero attached hydrogens (tertiary/aromatic N) is 2. The number of hydrogen-bond donors (Lipinski definition) is 1. The van der Waals surface area contributed by atoms with Crippen LogP contribution in [0.5, 0.6) is 0 Å². The van der Waals surface area contributed by atoms with Crippen LogP contribution in [-0.2, 0) is 0 Å². The van der Waals surface area contributed by atoms with Crippen LogP contribution < -0.4 is 5.32 Å². The molecule has 0 aliphatic rings. The lowest BCUT2D eigenvalue weighted by Crippen LogP contribution is -2.13. The van der Waals surface area contributed by atoms with Crippen molar-refractivity contribution in [1.29, 1.82) is 0 Å². The Labute approximate surface area is 129 Å². The molecule has 1 aromatic carbocycles. The van der Waals surface area contributed by atoms with Gasteiger partial charge in [-0.1, -0.05) is 35.5 Å². The Balaban J connectivity index is 2.42. The third kappa shape index (κ3) is 3.64. The van der Waals surface area contributed by atoms with Crippen LogP contribution in [0.3, 0.4) is 0 Å². The van der Waals surface area contributed by atoms with Crippen molar-refractivity contribution in [2.45, 2.75) is 43.5 Å². The highest BCUT2D eigenvalue weighted by molar-refractivity contribution is 7.99. The zero-order valence-electron chi connectivity index (χ0n) is 12.1. The van der Waals surface area contributed by atoms with Gasteiger partial charge in [-0.05, 0) is 39.8 Å². The van der Waals surface area contributed by atoms with Gasteiger partial charge >= 0.3 is 0 Å². The zero-order chi connectivity index (χ0) is 14.7. The normalized spacial score (nSPS) is 10.9. The van der Waals surface area contributed by atoms with E-state index in [4.69, 9.17) is 11.6 Å². The number of anilines is 1. The molecule has 106 valence electrons. The summed E-state index contributed by atoms with van der Waals surface area (Å²) in [5, 5.41) is 4.12. The van der Waals surface area contributed by atoms with Crippen molar-refractivity contribution in [3.8, 4) is 0 Å². The highest BCUT2D eigenvalue weighted by Crippen LogP contribution is 2.38. The molecule has 3 nitrogen and oxygen atoms in total. The number of aromatic nitrogens is 2. The van der Waals surface area contributed by atoms with Crippen LogP contribution in [0.1, 0.15) is 25.4 Å². The summed E-state index contributed by atoms with van der Waals surface area (Å²) < 4.78 is 0. The van der Waals surface area contributed by atoms with Crippen LogP contribution in [0.2, 0.25) is 5.02 Å². The first-order valence-corrected chi connectivity index (χ1v) is 7.71. The minimum Gasteiger partial charge on any atom is -0.367 e. The van der Waals surface area contributed by atoms with E-state index in [-0.39, 0.29) is 0 Å². The maximum Gasteiger partial charge on any atom is 0.144 e. The molecule has 0 atom stereocenters. The Kier molecular flexibility index (Phi) is 4.89. The van der Waals surface area contributed by atoms with Crippen LogP contribution in [0, 0.1) is 13.8 Å². The van der Waals surface area contributed by atoms with Gasteiger partial charge in [0.15, 0.2) is 0 Å². The average molecular weight is 308 g/mol. The largest absolute Gasteiger partial charge is 0.367 e. The Morgan fingerprint density at radius 2 is 1.85 bits per heavy atom. The van der Waals surface area contributed by atoms with Crippen LogP contribution in [-0.4, -0.2) is 16.0 Å². The SMILES string of the molecule is Cc1nc(C)c(Sc2ccccc2Cl)c(NC(C)C)n1. The molecule has 0 radical (unpaired) electrons. The lowest BCUT2D eigenvalue weighted by Gasteiger charge is -2.16.